The Labute approximate surface area is 97.9 Å². The third-order valence-corrected chi connectivity index (χ3v) is 2.77. The molecule has 3 heterocycles. The van der Waals surface area contributed by atoms with Crippen molar-refractivity contribution in [1.29, 1.82) is 0 Å². The van der Waals surface area contributed by atoms with Crippen LogP contribution in [-0.4, -0.2) is 19.6 Å². The molecule has 0 spiro atoms. The summed E-state index contributed by atoms with van der Waals surface area (Å²) in [4.78, 5) is 4.09. The number of nitrogens with zero attached hydrogens (tertiary/aromatic N) is 4. The average Bonchev–Trinajstić information content (AvgIpc) is 2.79. The predicted octanol–water partition coefficient (Wildman–Crippen LogP) is 1.68. The van der Waals surface area contributed by atoms with E-state index in [9.17, 15) is 0 Å². The van der Waals surface area contributed by atoms with E-state index in [1.54, 1.807) is 12.4 Å². The highest BCUT2D eigenvalue weighted by molar-refractivity contribution is 5.62. The highest BCUT2D eigenvalue weighted by atomic mass is 15.3. The predicted molar refractivity (Wildman–Crippen MR) is 65.4 cm³/mol. The summed E-state index contributed by atoms with van der Waals surface area (Å²) < 4.78 is 1.94. The van der Waals surface area contributed by atoms with Crippen molar-refractivity contribution in [3.63, 3.8) is 0 Å². The maximum Gasteiger partial charge on any atom is 0.170 e. The lowest BCUT2D eigenvalue weighted by atomic mass is 10.2. The summed E-state index contributed by atoms with van der Waals surface area (Å²) in [5.74, 6) is 0.762. The number of nitrogens with two attached hydrogens (primary N) is 1. The topological polar surface area (TPSA) is 69.1 Å². The van der Waals surface area contributed by atoms with Gasteiger partial charge < -0.3 is 5.73 Å². The van der Waals surface area contributed by atoms with Gasteiger partial charge in [0.2, 0.25) is 0 Å². The summed E-state index contributed by atoms with van der Waals surface area (Å²) in [5.41, 5.74) is 9.27. The molecule has 3 rings (SSSR count). The number of rotatable bonds is 1. The molecule has 0 aliphatic carbocycles. The second-order valence-electron chi connectivity index (χ2n) is 3.83. The first-order valence-electron chi connectivity index (χ1n) is 5.28. The van der Waals surface area contributed by atoms with Crippen LogP contribution in [0.25, 0.3) is 17.0 Å². The lowest BCUT2D eigenvalue weighted by Gasteiger charge is -2.05. The van der Waals surface area contributed by atoms with Crippen molar-refractivity contribution in [2.75, 3.05) is 5.73 Å². The van der Waals surface area contributed by atoms with E-state index in [0.29, 0.717) is 0 Å². The molecule has 0 atom stereocenters. The van der Waals surface area contributed by atoms with Gasteiger partial charge >= 0.3 is 0 Å². The first-order chi connectivity index (χ1) is 8.27. The molecule has 5 heteroatoms. The Morgan fingerprint density at radius 1 is 1.18 bits per heavy atom. The number of nitrogen functional groups attached to an aromatic ring is 1. The van der Waals surface area contributed by atoms with Crippen LogP contribution in [0.4, 0.5) is 5.69 Å². The van der Waals surface area contributed by atoms with Crippen molar-refractivity contribution in [3.8, 4) is 11.4 Å². The van der Waals surface area contributed by atoms with Crippen LogP contribution in [0.1, 0.15) is 5.69 Å². The van der Waals surface area contributed by atoms with Gasteiger partial charge in [-0.3, -0.25) is 9.38 Å². The maximum atomic E-state index is 5.90. The van der Waals surface area contributed by atoms with Crippen molar-refractivity contribution >= 4 is 11.3 Å². The number of anilines is 1. The van der Waals surface area contributed by atoms with Gasteiger partial charge in [-0.05, 0) is 31.2 Å². The van der Waals surface area contributed by atoms with E-state index in [2.05, 4.69) is 15.2 Å². The summed E-state index contributed by atoms with van der Waals surface area (Å²) in [6.45, 7) is 1.95. The molecule has 0 saturated carbocycles. The van der Waals surface area contributed by atoms with Gasteiger partial charge in [-0.2, -0.15) is 0 Å². The van der Waals surface area contributed by atoms with Crippen molar-refractivity contribution in [3.05, 3.63) is 42.4 Å². The third-order valence-electron chi connectivity index (χ3n) is 2.77. The second kappa shape index (κ2) is 3.55. The molecule has 0 aliphatic rings. The fourth-order valence-electron chi connectivity index (χ4n) is 1.83. The van der Waals surface area contributed by atoms with E-state index in [4.69, 9.17) is 5.73 Å². The summed E-state index contributed by atoms with van der Waals surface area (Å²) >= 11 is 0. The fourth-order valence-corrected chi connectivity index (χ4v) is 1.83. The third kappa shape index (κ3) is 1.44. The molecule has 0 saturated heterocycles. The maximum absolute atomic E-state index is 5.90. The molecule has 0 unspecified atom stereocenters. The van der Waals surface area contributed by atoms with Crippen LogP contribution < -0.4 is 5.73 Å². The molecule has 0 radical (unpaired) electrons. The van der Waals surface area contributed by atoms with Crippen LogP contribution in [0.2, 0.25) is 0 Å². The molecule has 3 aromatic heterocycles. The fraction of sp³-hybridized carbons (Fsp3) is 0.0833. The van der Waals surface area contributed by atoms with E-state index >= 15 is 0 Å². The van der Waals surface area contributed by atoms with Crippen molar-refractivity contribution in [1.82, 2.24) is 19.6 Å². The number of aryl methyl sites for hydroxylation is 1. The van der Waals surface area contributed by atoms with Crippen LogP contribution in [0.5, 0.6) is 0 Å². The molecular formula is C12H11N5. The molecule has 17 heavy (non-hydrogen) atoms. The van der Waals surface area contributed by atoms with Crippen molar-refractivity contribution in [2.45, 2.75) is 6.92 Å². The molecule has 0 fully saturated rings. The summed E-state index contributed by atoms with van der Waals surface area (Å²) in [6.07, 6.45) is 3.49. The largest absolute Gasteiger partial charge is 0.397 e. The van der Waals surface area contributed by atoms with Crippen LogP contribution in [0, 0.1) is 6.92 Å². The van der Waals surface area contributed by atoms with Gasteiger partial charge in [0.1, 0.15) is 0 Å². The Kier molecular flexibility index (Phi) is 2.04. The number of pyridine rings is 2. The molecule has 84 valence electrons. The highest BCUT2D eigenvalue weighted by Crippen LogP contribution is 2.21. The molecule has 0 bridgehead atoms. The van der Waals surface area contributed by atoms with Crippen molar-refractivity contribution < 1.29 is 0 Å². The van der Waals surface area contributed by atoms with E-state index in [-0.39, 0.29) is 0 Å². The first-order valence-corrected chi connectivity index (χ1v) is 5.28. The normalized spacial score (nSPS) is 10.9. The van der Waals surface area contributed by atoms with Gasteiger partial charge in [0.15, 0.2) is 11.5 Å². The summed E-state index contributed by atoms with van der Waals surface area (Å²) in [5, 5.41) is 8.31. The monoisotopic (exact) mass is 225 g/mol. The minimum atomic E-state index is 0.724. The van der Waals surface area contributed by atoms with E-state index in [0.717, 1.165) is 28.4 Å². The van der Waals surface area contributed by atoms with Gasteiger partial charge in [0.25, 0.3) is 0 Å². The number of fused-ring (bicyclic) bond motifs is 1. The van der Waals surface area contributed by atoms with Gasteiger partial charge in [-0.15, -0.1) is 10.2 Å². The zero-order chi connectivity index (χ0) is 11.8. The summed E-state index contributed by atoms with van der Waals surface area (Å²) in [7, 11) is 0. The van der Waals surface area contributed by atoms with Gasteiger partial charge in [-0.1, -0.05) is 0 Å². The lowest BCUT2D eigenvalue weighted by molar-refractivity contribution is 1.08. The van der Waals surface area contributed by atoms with Crippen LogP contribution in [-0.2, 0) is 0 Å². The number of aromatic nitrogens is 4. The van der Waals surface area contributed by atoms with Gasteiger partial charge in [-0.25, -0.2) is 0 Å². The van der Waals surface area contributed by atoms with Crippen LogP contribution in [0.15, 0.2) is 36.7 Å². The zero-order valence-electron chi connectivity index (χ0n) is 9.33. The standard InChI is InChI=1S/C12H11N5/c1-8-10(13)4-5-11-15-16-12(17(8)11)9-3-2-6-14-7-9/h2-7H,13H2,1H3. The van der Waals surface area contributed by atoms with Crippen LogP contribution >= 0.6 is 0 Å². The van der Waals surface area contributed by atoms with Gasteiger partial charge in [0, 0.05) is 23.7 Å². The molecule has 3 aromatic rings. The van der Waals surface area contributed by atoms with Gasteiger partial charge in [0.05, 0.1) is 5.69 Å². The molecular weight excluding hydrogens is 214 g/mol. The first kappa shape index (κ1) is 9.77. The Hall–Kier alpha value is -2.43. The SMILES string of the molecule is Cc1c(N)ccc2nnc(-c3cccnc3)n12. The van der Waals surface area contributed by atoms with E-state index < -0.39 is 0 Å². The Bertz CT molecular complexity index is 672. The lowest BCUT2D eigenvalue weighted by Crippen LogP contribution is -1.99. The Morgan fingerprint density at radius 2 is 2.06 bits per heavy atom. The van der Waals surface area contributed by atoms with Crippen molar-refractivity contribution in [2.24, 2.45) is 0 Å². The quantitative estimate of drug-likeness (QED) is 0.684. The molecule has 0 amide bonds. The molecule has 0 aliphatic heterocycles. The Balaban J connectivity index is 2.35. The van der Waals surface area contributed by atoms with E-state index in [1.807, 2.05) is 35.6 Å². The Morgan fingerprint density at radius 3 is 2.82 bits per heavy atom. The number of hydrogen-bond donors (Lipinski definition) is 1. The van der Waals surface area contributed by atoms with E-state index in [1.165, 1.54) is 0 Å². The minimum Gasteiger partial charge on any atom is -0.397 e. The second-order valence-corrected chi connectivity index (χ2v) is 3.83. The molecule has 5 nitrogen and oxygen atoms in total. The number of hydrogen-bond acceptors (Lipinski definition) is 4. The smallest absolute Gasteiger partial charge is 0.170 e. The minimum absolute atomic E-state index is 0.724. The highest BCUT2D eigenvalue weighted by Gasteiger charge is 2.10. The summed E-state index contributed by atoms with van der Waals surface area (Å²) in [6, 6.07) is 7.52. The average molecular weight is 225 g/mol. The van der Waals surface area contributed by atoms with Crippen LogP contribution in [0.3, 0.4) is 0 Å². The zero-order valence-corrected chi connectivity index (χ0v) is 9.33. The molecule has 0 aromatic carbocycles. The molecule has 2 N–H and O–H groups in total.